The Morgan fingerprint density at radius 3 is 2.96 bits per heavy atom. The summed E-state index contributed by atoms with van der Waals surface area (Å²) >= 11 is 1.46. The number of nitrogens with one attached hydrogen (secondary N) is 2. The zero-order chi connectivity index (χ0) is 16.5. The van der Waals surface area contributed by atoms with Crippen LogP contribution in [-0.4, -0.2) is 17.8 Å². The lowest BCUT2D eigenvalue weighted by atomic mass is 10.1. The number of fused-ring (bicyclic) bond motifs is 2. The summed E-state index contributed by atoms with van der Waals surface area (Å²) in [6.45, 7) is 2.30. The van der Waals surface area contributed by atoms with E-state index in [4.69, 9.17) is 9.47 Å². The number of ether oxygens (including phenoxy) is 2. The van der Waals surface area contributed by atoms with Crippen molar-refractivity contribution in [2.75, 3.05) is 17.4 Å². The second kappa shape index (κ2) is 6.01. The number of carbonyl (C=O) groups is 1. The molecule has 4 rings (SSSR count). The number of aromatic nitrogens is 1. The maximum atomic E-state index is 12.2. The Morgan fingerprint density at radius 2 is 2.08 bits per heavy atom. The number of nitrogens with zero attached hydrogens (tertiary/aromatic N) is 1. The second-order valence-electron chi connectivity index (χ2n) is 5.28. The normalized spacial score (nSPS) is 12.4. The Bertz CT molecular complexity index is 923. The van der Waals surface area contributed by atoms with Gasteiger partial charge in [-0.25, -0.2) is 9.78 Å². The number of anilines is 2. The number of rotatable bonds is 3. The first-order valence-electron chi connectivity index (χ1n) is 7.59. The van der Waals surface area contributed by atoms with Crippen LogP contribution in [0.15, 0.2) is 36.4 Å². The highest BCUT2D eigenvalue weighted by molar-refractivity contribution is 7.22. The third kappa shape index (κ3) is 2.74. The second-order valence-corrected chi connectivity index (χ2v) is 6.31. The highest BCUT2D eigenvalue weighted by atomic mass is 32.1. The molecule has 2 heterocycles. The van der Waals surface area contributed by atoms with Crippen molar-refractivity contribution in [3.05, 3.63) is 42.0 Å². The van der Waals surface area contributed by atoms with Crippen molar-refractivity contribution < 1.29 is 14.3 Å². The number of aryl methyl sites for hydroxylation is 1. The maximum absolute atomic E-state index is 12.2. The Morgan fingerprint density at radius 1 is 1.21 bits per heavy atom. The summed E-state index contributed by atoms with van der Waals surface area (Å²) in [5, 5.41) is 6.13. The lowest BCUT2D eigenvalue weighted by molar-refractivity contribution is 0.174. The molecule has 1 aliphatic rings. The third-order valence-corrected chi connectivity index (χ3v) is 4.67. The molecule has 2 aromatic carbocycles. The van der Waals surface area contributed by atoms with Crippen LogP contribution in [0.5, 0.6) is 11.5 Å². The Kier molecular flexibility index (Phi) is 3.70. The molecule has 0 spiro atoms. The molecule has 24 heavy (non-hydrogen) atoms. The highest BCUT2D eigenvalue weighted by Crippen LogP contribution is 2.34. The molecule has 0 unspecified atom stereocenters. The Labute approximate surface area is 142 Å². The molecule has 2 N–H and O–H groups in total. The van der Waals surface area contributed by atoms with Gasteiger partial charge in [0.2, 0.25) is 6.79 Å². The zero-order valence-corrected chi connectivity index (χ0v) is 13.8. The lowest BCUT2D eigenvalue weighted by Crippen LogP contribution is -2.19. The van der Waals surface area contributed by atoms with Crippen LogP contribution >= 0.6 is 11.3 Å². The van der Waals surface area contributed by atoms with Gasteiger partial charge >= 0.3 is 6.03 Å². The molecule has 0 bridgehead atoms. The summed E-state index contributed by atoms with van der Waals surface area (Å²) in [6, 6.07) is 11.0. The Balaban J connectivity index is 1.50. The van der Waals surface area contributed by atoms with E-state index in [0.29, 0.717) is 22.3 Å². The first-order chi connectivity index (χ1) is 11.7. The number of amides is 2. The molecule has 0 radical (unpaired) electrons. The molecule has 0 atom stereocenters. The van der Waals surface area contributed by atoms with E-state index in [1.165, 1.54) is 16.9 Å². The molecule has 0 saturated heterocycles. The van der Waals surface area contributed by atoms with Crippen LogP contribution in [0.3, 0.4) is 0 Å². The van der Waals surface area contributed by atoms with Crippen LogP contribution in [0.25, 0.3) is 10.2 Å². The quantitative estimate of drug-likeness (QED) is 0.748. The summed E-state index contributed by atoms with van der Waals surface area (Å²) in [4.78, 5) is 16.7. The van der Waals surface area contributed by atoms with Gasteiger partial charge < -0.3 is 14.8 Å². The number of carbonyl (C=O) groups excluding carboxylic acids is 1. The van der Waals surface area contributed by atoms with Gasteiger partial charge in [0.1, 0.15) is 0 Å². The number of urea groups is 1. The fourth-order valence-corrected chi connectivity index (χ4v) is 3.49. The van der Waals surface area contributed by atoms with Crippen LogP contribution in [0.1, 0.15) is 12.5 Å². The first-order valence-corrected chi connectivity index (χ1v) is 8.40. The van der Waals surface area contributed by atoms with E-state index in [1.807, 2.05) is 12.1 Å². The summed E-state index contributed by atoms with van der Waals surface area (Å²) in [7, 11) is 0. The van der Waals surface area contributed by atoms with Crippen LogP contribution in [-0.2, 0) is 6.42 Å². The molecule has 3 aromatic rings. The third-order valence-electron chi connectivity index (χ3n) is 3.73. The van der Waals surface area contributed by atoms with Crippen LogP contribution < -0.4 is 20.1 Å². The lowest BCUT2D eigenvalue weighted by Gasteiger charge is -2.06. The Hall–Kier alpha value is -2.80. The van der Waals surface area contributed by atoms with Gasteiger partial charge in [0.05, 0.1) is 10.2 Å². The molecule has 2 amide bonds. The minimum atomic E-state index is -0.342. The molecule has 0 fully saturated rings. The van der Waals surface area contributed by atoms with Gasteiger partial charge in [-0.1, -0.05) is 30.4 Å². The molecule has 0 aliphatic carbocycles. The number of thiazole rings is 1. The van der Waals surface area contributed by atoms with E-state index in [1.54, 1.807) is 18.2 Å². The van der Waals surface area contributed by atoms with Crippen LogP contribution in [0, 0.1) is 0 Å². The van der Waals surface area contributed by atoms with E-state index >= 15 is 0 Å². The first kappa shape index (κ1) is 14.8. The van der Waals surface area contributed by atoms with Gasteiger partial charge in [-0.2, -0.15) is 0 Å². The largest absolute Gasteiger partial charge is 0.454 e. The maximum Gasteiger partial charge on any atom is 0.325 e. The predicted molar refractivity (Wildman–Crippen MR) is 94.2 cm³/mol. The highest BCUT2D eigenvalue weighted by Gasteiger charge is 2.15. The van der Waals surface area contributed by atoms with Gasteiger partial charge in [-0.3, -0.25) is 5.32 Å². The van der Waals surface area contributed by atoms with Crippen molar-refractivity contribution >= 4 is 38.4 Å². The number of hydrogen-bond donors (Lipinski definition) is 2. The minimum absolute atomic E-state index is 0.205. The van der Waals surface area contributed by atoms with Crippen LogP contribution in [0.4, 0.5) is 15.6 Å². The van der Waals surface area contributed by atoms with Crippen molar-refractivity contribution in [2.24, 2.45) is 0 Å². The van der Waals surface area contributed by atoms with E-state index in [-0.39, 0.29) is 12.8 Å². The smallest absolute Gasteiger partial charge is 0.325 e. The van der Waals surface area contributed by atoms with Crippen molar-refractivity contribution in [3.8, 4) is 11.5 Å². The molecule has 6 nitrogen and oxygen atoms in total. The van der Waals surface area contributed by atoms with E-state index in [9.17, 15) is 4.79 Å². The summed E-state index contributed by atoms with van der Waals surface area (Å²) in [5.74, 6) is 1.31. The van der Waals surface area contributed by atoms with Crippen molar-refractivity contribution in [1.29, 1.82) is 0 Å². The van der Waals surface area contributed by atoms with E-state index in [2.05, 4.69) is 28.6 Å². The van der Waals surface area contributed by atoms with Gasteiger partial charge in [-0.05, 0) is 30.2 Å². The average molecular weight is 341 g/mol. The molecular weight excluding hydrogens is 326 g/mol. The van der Waals surface area contributed by atoms with E-state index in [0.717, 1.165) is 16.6 Å². The van der Waals surface area contributed by atoms with Crippen molar-refractivity contribution in [3.63, 3.8) is 0 Å². The SMILES string of the molecule is CCc1cccc2sc(NC(=O)Nc3ccc4c(c3)OCO4)nc12. The molecule has 1 aliphatic heterocycles. The monoisotopic (exact) mass is 341 g/mol. The molecule has 7 heteroatoms. The standard InChI is InChI=1S/C17H15N3O3S/c1-2-10-4-3-5-14-15(10)19-17(24-14)20-16(21)18-11-6-7-12-13(8-11)23-9-22-12/h3-8H,2,9H2,1H3,(H2,18,19,20,21). The fraction of sp³-hybridized carbons (Fsp3) is 0.176. The van der Waals surface area contributed by atoms with Gasteiger partial charge in [-0.15, -0.1) is 0 Å². The minimum Gasteiger partial charge on any atom is -0.454 e. The summed E-state index contributed by atoms with van der Waals surface area (Å²) in [5.41, 5.74) is 2.75. The van der Waals surface area contributed by atoms with Crippen LogP contribution in [0.2, 0.25) is 0 Å². The zero-order valence-electron chi connectivity index (χ0n) is 13.0. The fourth-order valence-electron chi connectivity index (χ4n) is 2.58. The van der Waals surface area contributed by atoms with E-state index < -0.39 is 0 Å². The molecule has 0 saturated carbocycles. The average Bonchev–Trinajstić information content (AvgIpc) is 3.19. The number of para-hydroxylation sites is 1. The van der Waals surface area contributed by atoms with Gasteiger partial charge in [0, 0.05) is 11.8 Å². The number of hydrogen-bond acceptors (Lipinski definition) is 5. The topological polar surface area (TPSA) is 72.5 Å². The summed E-state index contributed by atoms with van der Waals surface area (Å²) < 4.78 is 11.6. The molecule has 1 aromatic heterocycles. The van der Waals surface area contributed by atoms with Crippen molar-refractivity contribution in [1.82, 2.24) is 4.98 Å². The number of benzene rings is 2. The van der Waals surface area contributed by atoms with Gasteiger partial charge in [0.15, 0.2) is 16.6 Å². The molecular formula is C17H15N3O3S. The molecule has 122 valence electrons. The van der Waals surface area contributed by atoms with Gasteiger partial charge in [0.25, 0.3) is 0 Å². The summed E-state index contributed by atoms with van der Waals surface area (Å²) in [6.07, 6.45) is 0.907. The van der Waals surface area contributed by atoms with Crippen molar-refractivity contribution in [2.45, 2.75) is 13.3 Å². The predicted octanol–water partition coefficient (Wildman–Crippen LogP) is 4.23.